The summed E-state index contributed by atoms with van der Waals surface area (Å²) in [6.07, 6.45) is 10.2. The number of hydrogen-bond donors (Lipinski definition) is 0. The van der Waals surface area contributed by atoms with Crippen LogP contribution >= 0.6 is 0 Å². The van der Waals surface area contributed by atoms with Gasteiger partial charge in [0, 0.05) is 24.7 Å². The lowest BCUT2D eigenvalue weighted by molar-refractivity contribution is 0.0943. The number of carbonyl (C=O) groups excluding carboxylic acids is 1. The van der Waals surface area contributed by atoms with Gasteiger partial charge in [0.1, 0.15) is 5.82 Å². The van der Waals surface area contributed by atoms with Crippen molar-refractivity contribution in [3.05, 3.63) is 41.9 Å². The number of anilines is 1. The molecule has 0 atom stereocenters. The Labute approximate surface area is 142 Å². The van der Waals surface area contributed by atoms with Crippen molar-refractivity contribution in [3.63, 3.8) is 0 Å². The molecule has 2 saturated carbocycles. The van der Waals surface area contributed by atoms with Crippen LogP contribution in [0.4, 0.5) is 5.82 Å². The first-order valence-electron chi connectivity index (χ1n) is 9.01. The maximum atomic E-state index is 13.0. The van der Waals surface area contributed by atoms with Gasteiger partial charge < -0.3 is 4.52 Å². The molecule has 0 radical (unpaired) electrons. The molecule has 2 aliphatic rings. The van der Waals surface area contributed by atoms with Crippen LogP contribution in [0.1, 0.15) is 67.1 Å². The molecule has 126 valence electrons. The van der Waals surface area contributed by atoms with Crippen LogP contribution in [0.5, 0.6) is 0 Å². The summed E-state index contributed by atoms with van der Waals surface area (Å²) in [6.45, 7) is 0.704. The minimum Gasteiger partial charge on any atom is -0.351 e. The molecule has 0 bridgehead atoms. The minimum absolute atomic E-state index is 0.126. The molecule has 5 nitrogen and oxygen atoms in total. The number of pyridine rings is 1. The lowest BCUT2D eigenvalue weighted by Crippen LogP contribution is -2.36. The van der Waals surface area contributed by atoms with Gasteiger partial charge in [0.15, 0.2) is 0 Å². The summed E-state index contributed by atoms with van der Waals surface area (Å²) >= 11 is 0. The highest BCUT2D eigenvalue weighted by molar-refractivity contribution is 6.03. The molecule has 2 aromatic rings. The van der Waals surface area contributed by atoms with Crippen molar-refractivity contribution in [3.8, 4) is 0 Å². The summed E-state index contributed by atoms with van der Waals surface area (Å²) in [6, 6.07) is 7.49. The van der Waals surface area contributed by atoms with Gasteiger partial charge in [-0.15, -0.1) is 0 Å². The Morgan fingerprint density at radius 1 is 1.17 bits per heavy atom. The van der Waals surface area contributed by atoms with E-state index in [9.17, 15) is 4.79 Å². The van der Waals surface area contributed by atoms with Gasteiger partial charge in [-0.05, 0) is 43.7 Å². The topological polar surface area (TPSA) is 59.2 Å². The Balaban J connectivity index is 1.56. The van der Waals surface area contributed by atoms with Gasteiger partial charge in [-0.25, -0.2) is 4.98 Å². The molecule has 0 unspecified atom stereocenters. The second kappa shape index (κ2) is 6.75. The molecular formula is C19H23N3O2. The average molecular weight is 325 g/mol. The second-order valence-electron chi connectivity index (χ2n) is 7.00. The Bertz CT molecular complexity index is 688. The Hall–Kier alpha value is -2.17. The predicted octanol–water partition coefficient (Wildman–Crippen LogP) is 4.17. The van der Waals surface area contributed by atoms with Crippen molar-refractivity contribution in [1.82, 2.24) is 10.1 Å². The second-order valence-corrected chi connectivity index (χ2v) is 7.00. The lowest BCUT2D eigenvalue weighted by atomic mass is 9.89. The molecule has 0 aliphatic heterocycles. The maximum Gasteiger partial charge on any atom is 0.298 e. The average Bonchev–Trinajstić information content (AvgIpc) is 3.38. The van der Waals surface area contributed by atoms with E-state index in [1.165, 1.54) is 32.1 Å². The standard InChI is InChI=1S/C19H23N3O2/c23-19(17-12-16(21-24-17)15-9-10-15)22(18-8-4-5-11-20-18)13-14-6-2-1-3-7-14/h4-5,8,11-12,14-15H,1-3,6-7,9-10,13H2. The highest BCUT2D eigenvalue weighted by Gasteiger charge is 2.31. The van der Waals surface area contributed by atoms with E-state index >= 15 is 0 Å². The Morgan fingerprint density at radius 3 is 2.71 bits per heavy atom. The Morgan fingerprint density at radius 2 is 2.00 bits per heavy atom. The highest BCUT2D eigenvalue weighted by Crippen LogP contribution is 2.39. The Kier molecular flexibility index (Phi) is 4.32. The summed E-state index contributed by atoms with van der Waals surface area (Å²) < 4.78 is 5.35. The van der Waals surface area contributed by atoms with E-state index in [0.29, 0.717) is 30.0 Å². The first-order chi connectivity index (χ1) is 11.8. The first kappa shape index (κ1) is 15.4. The molecule has 1 amide bonds. The summed E-state index contributed by atoms with van der Waals surface area (Å²) in [5.41, 5.74) is 0.914. The van der Waals surface area contributed by atoms with Crippen LogP contribution in [-0.2, 0) is 0 Å². The zero-order chi connectivity index (χ0) is 16.4. The molecule has 0 spiro atoms. The van der Waals surface area contributed by atoms with Crippen molar-refractivity contribution in [2.75, 3.05) is 11.4 Å². The molecule has 0 aromatic carbocycles. The SMILES string of the molecule is O=C(c1cc(C2CC2)no1)N(CC1CCCCC1)c1ccccn1. The molecule has 24 heavy (non-hydrogen) atoms. The molecule has 5 heteroatoms. The number of amides is 1. The number of rotatable bonds is 5. The summed E-state index contributed by atoms with van der Waals surface area (Å²) in [7, 11) is 0. The van der Waals surface area contributed by atoms with E-state index in [1.807, 2.05) is 24.3 Å². The zero-order valence-corrected chi connectivity index (χ0v) is 13.9. The van der Waals surface area contributed by atoms with Gasteiger partial charge in [-0.2, -0.15) is 0 Å². The van der Waals surface area contributed by atoms with Crippen LogP contribution < -0.4 is 4.90 Å². The fourth-order valence-corrected chi connectivity index (χ4v) is 3.52. The van der Waals surface area contributed by atoms with E-state index in [4.69, 9.17) is 4.52 Å². The highest BCUT2D eigenvalue weighted by atomic mass is 16.5. The third-order valence-corrected chi connectivity index (χ3v) is 5.07. The quantitative estimate of drug-likeness (QED) is 0.827. The van der Waals surface area contributed by atoms with E-state index < -0.39 is 0 Å². The summed E-state index contributed by atoms with van der Waals surface area (Å²) in [4.78, 5) is 19.2. The van der Waals surface area contributed by atoms with E-state index in [-0.39, 0.29) is 5.91 Å². The molecule has 0 N–H and O–H groups in total. The van der Waals surface area contributed by atoms with Gasteiger partial charge in [0.25, 0.3) is 5.91 Å². The third kappa shape index (κ3) is 3.35. The molecular weight excluding hydrogens is 302 g/mol. The van der Waals surface area contributed by atoms with Gasteiger partial charge in [0.05, 0.1) is 5.69 Å². The van der Waals surface area contributed by atoms with Crippen LogP contribution in [0, 0.1) is 5.92 Å². The monoisotopic (exact) mass is 325 g/mol. The van der Waals surface area contributed by atoms with Crippen molar-refractivity contribution >= 4 is 11.7 Å². The largest absolute Gasteiger partial charge is 0.351 e. The van der Waals surface area contributed by atoms with Crippen molar-refractivity contribution in [2.45, 2.75) is 50.9 Å². The van der Waals surface area contributed by atoms with E-state index in [1.54, 1.807) is 11.1 Å². The van der Waals surface area contributed by atoms with Gasteiger partial charge >= 0.3 is 0 Å². The van der Waals surface area contributed by atoms with Crippen molar-refractivity contribution in [1.29, 1.82) is 0 Å². The van der Waals surface area contributed by atoms with Crippen LogP contribution in [0.2, 0.25) is 0 Å². The lowest BCUT2D eigenvalue weighted by Gasteiger charge is -2.28. The number of carbonyl (C=O) groups is 1. The van der Waals surface area contributed by atoms with Crippen molar-refractivity contribution in [2.24, 2.45) is 5.92 Å². The minimum atomic E-state index is -0.126. The maximum absolute atomic E-state index is 13.0. The fraction of sp³-hybridized carbons (Fsp3) is 0.526. The summed E-state index contributed by atoms with van der Waals surface area (Å²) in [5.74, 6) is 1.92. The summed E-state index contributed by atoms with van der Waals surface area (Å²) in [5, 5.41) is 4.08. The molecule has 4 rings (SSSR count). The van der Waals surface area contributed by atoms with Gasteiger partial charge in [-0.1, -0.05) is 30.5 Å². The predicted molar refractivity (Wildman–Crippen MR) is 91.0 cm³/mol. The van der Waals surface area contributed by atoms with E-state index in [2.05, 4.69) is 10.1 Å². The zero-order valence-electron chi connectivity index (χ0n) is 13.9. The van der Waals surface area contributed by atoms with Crippen LogP contribution in [-0.4, -0.2) is 22.6 Å². The van der Waals surface area contributed by atoms with Gasteiger partial charge in [-0.3, -0.25) is 9.69 Å². The van der Waals surface area contributed by atoms with E-state index in [0.717, 1.165) is 18.5 Å². The normalized spacial score (nSPS) is 18.5. The van der Waals surface area contributed by atoms with Crippen LogP contribution in [0.3, 0.4) is 0 Å². The fourth-order valence-electron chi connectivity index (χ4n) is 3.52. The smallest absolute Gasteiger partial charge is 0.298 e. The number of hydrogen-bond acceptors (Lipinski definition) is 4. The molecule has 2 fully saturated rings. The van der Waals surface area contributed by atoms with Crippen molar-refractivity contribution < 1.29 is 9.32 Å². The third-order valence-electron chi connectivity index (χ3n) is 5.07. The molecule has 0 saturated heterocycles. The van der Waals surface area contributed by atoms with Crippen LogP contribution in [0.25, 0.3) is 0 Å². The number of nitrogens with zero attached hydrogens (tertiary/aromatic N) is 3. The van der Waals surface area contributed by atoms with Gasteiger partial charge in [0.2, 0.25) is 5.76 Å². The molecule has 2 aromatic heterocycles. The first-order valence-corrected chi connectivity index (χ1v) is 9.01. The molecule has 2 heterocycles. The molecule has 2 aliphatic carbocycles. The number of aromatic nitrogens is 2. The van der Waals surface area contributed by atoms with Crippen LogP contribution in [0.15, 0.2) is 35.0 Å².